The molecule has 0 radical (unpaired) electrons. The lowest BCUT2D eigenvalue weighted by molar-refractivity contribution is 0.232. The summed E-state index contributed by atoms with van der Waals surface area (Å²) in [5, 5.41) is 4.79. The molecule has 2 aromatic heterocycles. The van der Waals surface area contributed by atoms with Crippen LogP contribution < -0.4 is 5.32 Å². The van der Waals surface area contributed by atoms with Crippen molar-refractivity contribution in [3.63, 3.8) is 0 Å². The molecule has 0 bridgehead atoms. The van der Waals surface area contributed by atoms with E-state index in [1.54, 1.807) is 0 Å². The average Bonchev–Trinajstić information content (AvgIpc) is 3.10. The molecule has 0 saturated carbocycles. The number of aromatic amines is 1. The van der Waals surface area contributed by atoms with Gasteiger partial charge < -0.3 is 10.3 Å². The van der Waals surface area contributed by atoms with E-state index in [0.29, 0.717) is 6.04 Å². The maximum atomic E-state index is 4.37. The molecule has 2 saturated heterocycles. The Morgan fingerprint density at radius 1 is 1.42 bits per heavy atom. The highest BCUT2D eigenvalue weighted by Crippen LogP contribution is 2.33. The second kappa shape index (κ2) is 4.32. The van der Waals surface area contributed by atoms with Crippen molar-refractivity contribution in [2.75, 3.05) is 19.6 Å². The van der Waals surface area contributed by atoms with Gasteiger partial charge in [0.15, 0.2) is 0 Å². The predicted molar refractivity (Wildman–Crippen MR) is 75.8 cm³/mol. The van der Waals surface area contributed by atoms with E-state index in [9.17, 15) is 0 Å². The van der Waals surface area contributed by atoms with Gasteiger partial charge in [0, 0.05) is 36.9 Å². The van der Waals surface area contributed by atoms with Crippen LogP contribution in [0.2, 0.25) is 0 Å². The summed E-state index contributed by atoms with van der Waals surface area (Å²) in [7, 11) is 0. The van der Waals surface area contributed by atoms with Crippen molar-refractivity contribution in [2.45, 2.75) is 19.5 Å². The summed E-state index contributed by atoms with van der Waals surface area (Å²) in [4.78, 5) is 10.3. The molecule has 2 N–H and O–H groups in total. The van der Waals surface area contributed by atoms with Gasteiger partial charge in [-0.2, -0.15) is 0 Å². The number of aromatic nitrogens is 2. The fourth-order valence-corrected chi connectivity index (χ4v) is 3.83. The summed E-state index contributed by atoms with van der Waals surface area (Å²) in [5.41, 5.74) is 2.38. The van der Waals surface area contributed by atoms with Crippen molar-refractivity contribution >= 4 is 11.0 Å². The molecule has 2 fully saturated rings. The molecule has 3 unspecified atom stereocenters. The molecule has 0 aromatic carbocycles. The van der Waals surface area contributed by atoms with E-state index in [0.717, 1.165) is 24.0 Å². The lowest BCUT2D eigenvalue weighted by atomic mass is 9.95. The van der Waals surface area contributed by atoms with E-state index in [4.69, 9.17) is 0 Å². The highest BCUT2D eigenvalue weighted by atomic mass is 15.2. The van der Waals surface area contributed by atoms with Crippen LogP contribution in [0, 0.1) is 11.8 Å². The van der Waals surface area contributed by atoms with Gasteiger partial charge in [-0.25, -0.2) is 4.98 Å². The third kappa shape index (κ3) is 1.78. The van der Waals surface area contributed by atoms with Crippen molar-refractivity contribution in [3.05, 3.63) is 30.1 Å². The zero-order valence-corrected chi connectivity index (χ0v) is 11.3. The Hall–Kier alpha value is -1.39. The number of rotatable bonds is 2. The molecular weight excluding hydrogens is 236 g/mol. The largest absolute Gasteiger partial charge is 0.346 e. The highest BCUT2D eigenvalue weighted by molar-refractivity contribution is 5.79. The number of likely N-dealkylation sites (tertiary alicyclic amines) is 1. The molecular formula is C15H20N4. The van der Waals surface area contributed by atoms with E-state index in [1.165, 1.54) is 30.6 Å². The first-order valence-electron chi connectivity index (χ1n) is 7.18. The molecule has 4 heteroatoms. The van der Waals surface area contributed by atoms with Crippen molar-refractivity contribution in [2.24, 2.45) is 11.8 Å². The minimum Gasteiger partial charge on any atom is -0.346 e. The Labute approximate surface area is 113 Å². The number of pyridine rings is 1. The number of H-pyrrole nitrogens is 1. The van der Waals surface area contributed by atoms with Crippen LogP contribution >= 0.6 is 0 Å². The monoisotopic (exact) mass is 256 g/mol. The fraction of sp³-hybridized carbons (Fsp3) is 0.533. The van der Waals surface area contributed by atoms with Gasteiger partial charge in [-0.1, -0.05) is 0 Å². The van der Waals surface area contributed by atoms with Gasteiger partial charge in [0.1, 0.15) is 5.65 Å². The van der Waals surface area contributed by atoms with Gasteiger partial charge in [-0.15, -0.1) is 0 Å². The van der Waals surface area contributed by atoms with E-state index < -0.39 is 0 Å². The lowest BCUT2D eigenvalue weighted by Gasteiger charge is -2.23. The smallest absolute Gasteiger partial charge is 0.137 e. The number of hydrogen-bond donors (Lipinski definition) is 2. The van der Waals surface area contributed by atoms with E-state index in [-0.39, 0.29) is 0 Å². The molecule has 0 amide bonds. The van der Waals surface area contributed by atoms with E-state index >= 15 is 0 Å². The quantitative estimate of drug-likeness (QED) is 0.858. The Morgan fingerprint density at radius 2 is 2.37 bits per heavy atom. The Kier molecular flexibility index (Phi) is 2.60. The number of fused-ring (bicyclic) bond motifs is 2. The van der Waals surface area contributed by atoms with Gasteiger partial charge in [-0.3, -0.25) is 4.90 Å². The molecule has 2 aromatic rings. The standard InChI is InChI=1S/C15H20N4/c1-10-14-7-16-5-11(14)8-19(10)9-12-6-18-15-13(12)3-2-4-17-15/h2-4,6,10-11,14,16H,5,7-9H2,1H3,(H,17,18). The van der Waals surface area contributed by atoms with E-state index in [1.807, 2.05) is 12.3 Å². The Morgan fingerprint density at radius 3 is 3.26 bits per heavy atom. The number of nitrogens with one attached hydrogen (secondary N) is 2. The SMILES string of the molecule is CC1C2CNCC2CN1Cc1c[nH]c2ncccc12. The Balaban J connectivity index is 1.58. The maximum absolute atomic E-state index is 4.37. The first kappa shape index (κ1) is 11.4. The van der Waals surface area contributed by atoms with Crippen molar-refractivity contribution in [3.8, 4) is 0 Å². The van der Waals surface area contributed by atoms with Crippen molar-refractivity contribution in [1.29, 1.82) is 0 Å². The molecule has 4 nitrogen and oxygen atoms in total. The molecule has 19 heavy (non-hydrogen) atoms. The van der Waals surface area contributed by atoms with Crippen LogP contribution in [0.15, 0.2) is 24.5 Å². The van der Waals surface area contributed by atoms with Crippen LogP contribution in [0.4, 0.5) is 0 Å². The number of nitrogens with zero attached hydrogens (tertiary/aromatic N) is 2. The van der Waals surface area contributed by atoms with E-state index in [2.05, 4.69) is 39.4 Å². The molecule has 2 aliphatic heterocycles. The average molecular weight is 256 g/mol. The van der Waals surface area contributed by atoms with Crippen molar-refractivity contribution in [1.82, 2.24) is 20.2 Å². The van der Waals surface area contributed by atoms with Gasteiger partial charge in [0.25, 0.3) is 0 Å². The lowest BCUT2D eigenvalue weighted by Crippen LogP contribution is -2.32. The summed E-state index contributed by atoms with van der Waals surface area (Å²) in [6.45, 7) is 7.04. The summed E-state index contributed by atoms with van der Waals surface area (Å²) in [5.74, 6) is 1.68. The first-order chi connectivity index (χ1) is 9.33. The van der Waals surface area contributed by atoms with Gasteiger partial charge in [-0.05, 0) is 49.5 Å². The van der Waals surface area contributed by atoms with Gasteiger partial charge in [0.2, 0.25) is 0 Å². The third-order valence-electron chi connectivity index (χ3n) is 4.97. The summed E-state index contributed by atoms with van der Waals surface area (Å²) < 4.78 is 0. The zero-order valence-electron chi connectivity index (χ0n) is 11.3. The second-order valence-corrected chi connectivity index (χ2v) is 5.97. The van der Waals surface area contributed by atoms with Crippen LogP contribution in [0.5, 0.6) is 0 Å². The number of hydrogen-bond acceptors (Lipinski definition) is 3. The summed E-state index contributed by atoms with van der Waals surface area (Å²) in [6.07, 6.45) is 3.97. The van der Waals surface area contributed by atoms with Crippen LogP contribution in [0.25, 0.3) is 11.0 Å². The first-order valence-corrected chi connectivity index (χ1v) is 7.18. The molecule has 4 heterocycles. The van der Waals surface area contributed by atoms with Gasteiger partial charge >= 0.3 is 0 Å². The van der Waals surface area contributed by atoms with Crippen molar-refractivity contribution < 1.29 is 0 Å². The van der Waals surface area contributed by atoms with Gasteiger partial charge in [0.05, 0.1) is 0 Å². The predicted octanol–water partition coefficient (Wildman–Crippen LogP) is 1.60. The zero-order chi connectivity index (χ0) is 12.8. The molecule has 2 aliphatic rings. The van der Waals surface area contributed by atoms with Crippen LogP contribution in [-0.4, -0.2) is 40.5 Å². The molecule has 0 spiro atoms. The molecule has 0 aliphatic carbocycles. The van der Waals surface area contributed by atoms with Crippen LogP contribution in [-0.2, 0) is 6.54 Å². The summed E-state index contributed by atoms with van der Waals surface area (Å²) >= 11 is 0. The molecule has 4 rings (SSSR count). The maximum Gasteiger partial charge on any atom is 0.137 e. The minimum atomic E-state index is 0.682. The van der Waals surface area contributed by atoms with Crippen LogP contribution in [0.3, 0.4) is 0 Å². The topological polar surface area (TPSA) is 44.0 Å². The normalized spacial score (nSPS) is 31.1. The summed E-state index contributed by atoms with van der Waals surface area (Å²) in [6, 6.07) is 4.87. The minimum absolute atomic E-state index is 0.682. The highest BCUT2D eigenvalue weighted by Gasteiger charge is 2.41. The second-order valence-electron chi connectivity index (χ2n) is 5.97. The fourth-order valence-electron chi connectivity index (χ4n) is 3.83. The molecule has 100 valence electrons. The van der Waals surface area contributed by atoms with Crippen LogP contribution in [0.1, 0.15) is 12.5 Å². The Bertz CT molecular complexity index is 591. The molecule has 3 atom stereocenters. The third-order valence-corrected chi connectivity index (χ3v) is 4.97.